The predicted molar refractivity (Wildman–Crippen MR) is 87.5 cm³/mol. The molecule has 4 heteroatoms. The zero-order chi connectivity index (χ0) is 16.2. The van der Waals surface area contributed by atoms with E-state index in [1.165, 1.54) is 6.07 Å². The van der Waals surface area contributed by atoms with E-state index in [9.17, 15) is 9.50 Å². The van der Waals surface area contributed by atoms with Gasteiger partial charge in [0.15, 0.2) is 0 Å². The van der Waals surface area contributed by atoms with E-state index in [2.05, 4.69) is 4.90 Å². The minimum atomic E-state index is -0.835. The van der Waals surface area contributed by atoms with Gasteiger partial charge in [-0.15, -0.1) is 0 Å². The number of ether oxygens (including phenoxy) is 1. The highest BCUT2D eigenvalue weighted by molar-refractivity contribution is 5.21. The topological polar surface area (TPSA) is 32.7 Å². The highest BCUT2D eigenvalue weighted by atomic mass is 19.1. The number of hydrogen-bond acceptors (Lipinski definition) is 3. The molecule has 23 heavy (non-hydrogen) atoms. The number of benzene rings is 2. The Labute approximate surface area is 136 Å². The van der Waals surface area contributed by atoms with E-state index in [1.807, 2.05) is 37.3 Å². The van der Waals surface area contributed by atoms with Gasteiger partial charge in [0.2, 0.25) is 0 Å². The molecule has 3 rings (SSSR count). The largest absolute Gasteiger partial charge is 0.387 e. The van der Waals surface area contributed by atoms with Crippen molar-refractivity contribution in [3.63, 3.8) is 0 Å². The number of aliphatic hydroxyl groups excluding tert-OH is 1. The van der Waals surface area contributed by atoms with Crippen LogP contribution >= 0.6 is 0 Å². The number of morpholine rings is 1. The number of rotatable bonds is 4. The molecule has 2 aromatic carbocycles. The third-order valence-electron chi connectivity index (χ3n) is 4.20. The lowest BCUT2D eigenvalue weighted by Gasteiger charge is -2.38. The van der Waals surface area contributed by atoms with Crippen molar-refractivity contribution in [2.24, 2.45) is 0 Å². The van der Waals surface area contributed by atoms with Crippen LogP contribution in [0.2, 0.25) is 0 Å². The van der Waals surface area contributed by atoms with E-state index in [0.717, 1.165) is 12.1 Å². The number of β-amino-alcohol motifs (C(OH)–C–C–N with tert-alkyl or cyclic N) is 1. The van der Waals surface area contributed by atoms with Crippen LogP contribution in [0.5, 0.6) is 0 Å². The van der Waals surface area contributed by atoms with Crippen LogP contribution in [0.1, 0.15) is 30.3 Å². The van der Waals surface area contributed by atoms with Gasteiger partial charge in [-0.05, 0) is 18.6 Å². The van der Waals surface area contributed by atoms with Gasteiger partial charge in [0.05, 0.1) is 18.3 Å². The SMILES string of the molecule is CC1CN(CC(O)c2ccccc2F)CC(c2ccccc2)O1. The van der Waals surface area contributed by atoms with Gasteiger partial charge in [-0.1, -0.05) is 48.5 Å². The van der Waals surface area contributed by atoms with Crippen LogP contribution < -0.4 is 0 Å². The summed E-state index contributed by atoms with van der Waals surface area (Å²) in [5, 5.41) is 10.4. The second-order valence-corrected chi connectivity index (χ2v) is 6.10. The lowest BCUT2D eigenvalue weighted by molar-refractivity contribution is -0.0871. The Morgan fingerprint density at radius 1 is 1.13 bits per heavy atom. The van der Waals surface area contributed by atoms with Crippen molar-refractivity contribution < 1.29 is 14.2 Å². The molecule has 0 spiro atoms. The predicted octanol–water partition coefficient (Wildman–Crippen LogP) is 3.32. The van der Waals surface area contributed by atoms with Crippen LogP contribution in [0.3, 0.4) is 0 Å². The Balaban J connectivity index is 1.69. The van der Waals surface area contributed by atoms with Crippen molar-refractivity contribution in [3.05, 3.63) is 71.5 Å². The molecule has 2 aromatic rings. The van der Waals surface area contributed by atoms with Gasteiger partial charge >= 0.3 is 0 Å². The van der Waals surface area contributed by atoms with Gasteiger partial charge in [0, 0.05) is 25.2 Å². The molecule has 1 fully saturated rings. The highest BCUT2D eigenvalue weighted by Gasteiger charge is 2.28. The zero-order valence-electron chi connectivity index (χ0n) is 13.2. The lowest BCUT2D eigenvalue weighted by atomic mass is 10.0. The van der Waals surface area contributed by atoms with E-state index >= 15 is 0 Å². The standard InChI is InChI=1S/C19H22FNO2/c1-14-11-21(12-18(22)16-9-5-6-10-17(16)20)13-19(23-14)15-7-3-2-4-8-15/h2-10,14,18-19,22H,11-13H2,1H3. The zero-order valence-corrected chi connectivity index (χ0v) is 13.2. The van der Waals surface area contributed by atoms with Crippen LogP contribution in [0.25, 0.3) is 0 Å². The summed E-state index contributed by atoms with van der Waals surface area (Å²) >= 11 is 0. The Kier molecular flexibility index (Phi) is 5.06. The second-order valence-electron chi connectivity index (χ2n) is 6.10. The average molecular weight is 315 g/mol. The molecule has 0 amide bonds. The molecule has 3 unspecified atom stereocenters. The summed E-state index contributed by atoms with van der Waals surface area (Å²) in [6.07, 6.45) is -0.785. The molecule has 3 nitrogen and oxygen atoms in total. The first-order chi connectivity index (χ1) is 11.1. The first kappa shape index (κ1) is 16.1. The maximum atomic E-state index is 13.8. The molecule has 0 aliphatic carbocycles. The normalized spacial score (nSPS) is 23.6. The van der Waals surface area contributed by atoms with Crippen LogP contribution in [0, 0.1) is 5.82 Å². The summed E-state index contributed by atoms with van der Waals surface area (Å²) in [5.74, 6) is -0.360. The second kappa shape index (κ2) is 7.21. The molecule has 0 bridgehead atoms. The fourth-order valence-electron chi connectivity index (χ4n) is 3.13. The van der Waals surface area contributed by atoms with E-state index in [4.69, 9.17) is 4.74 Å². The van der Waals surface area contributed by atoms with Crippen molar-refractivity contribution in [1.29, 1.82) is 0 Å². The van der Waals surface area contributed by atoms with Crippen molar-refractivity contribution in [3.8, 4) is 0 Å². The van der Waals surface area contributed by atoms with Crippen molar-refractivity contribution in [2.75, 3.05) is 19.6 Å². The third kappa shape index (κ3) is 3.96. The maximum Gasteiger partial charge on any atom is 0.129 e. The van der Waals surface area contributed by atoms with Crippen molar-refractivity contribution >= 4 is 0 Å². The van der Waals surface area contributed by atoms with E-state index in [0.29, 0.717) is 18.7 Å². The smallest absolute Gasteiger partial charge is 0.129 e. The minimum absolute atomic E-state index is 0.0206. The Hall–Kier alpha value is -1.75. The molecule has 0 aromatic heterocycles. The fourth-order valence-corrected chi connectivity index (χ4v) is 3.13. The maximum absolute atomic E-state index is 13.8. The summed E-state index contributed by atoms with van der Waals surface area (Å²) < 4.78 is 19.8. The molecule has 1 saturated heterocycles. The lowest BCUT2D eigenvalue weighted by Crippen LogP contribution is -2.44. The van der Waals surface area contributed by atoms with Crippen LogP contribution in [0.15, 0.2) is 54.6 Å². The molecule has 1 aliphatic heterocycles. The number of hydrogen-bond donors (Lipinski definition) is 1. The van der Waals surface area contributed by atoms with Gasteiger partial charge in [0.1, 0.15) is 5.82 Å². The van der Waals surface area contributed by atoms with E-state index in [-0.39, 0.29) is 18.0 Å². The van der Waals surface area contributed by atoms with E-state index in [1.54, 1.807) is 18.2 Å². The molecule has 1 aliphatic rings. The van der Waals surface area contributed by atoms with Crippen LogP contribution in [-0.2, 0) is 4.74 Å². The van der Waals surface area contributed by atoms with Gasteiger partial charge in [-0.25, -0.2) is 4.39 Å². The number of aliphatic hydroxyl groups is 1. The van der Waals surface area contributed by atoms with Gasteiger partial charge in [-0.2, -0.15) is 0 Å². The van der Waals surface area contributed by atoms with Gasteiger partial charge in [0.25, 0.3) is 0 Å². The first-order valence-electron chi connectivity index (χ1n) is 7.98. The van der Waals surface area contributed by atoms with Crippen molar-refractivity contribution in [2.45, 2.75) is 25.2 Å². The Morgan fingerprint density at radius 3 is 2.57 bits per heavy atom. The molecule has 3 atom stereocenters. The molecular weight excluding hydrogens is 293 g/mol. The summed E-state index contributed by atoms with van der Waals surface area (Å²) in [5.41, 5.74) is 1.48. The van der Waals surface area contributed by atoms with E-state index < -0.39 is 6.10 Å². The molecule has 0 radical (unpaired) electrons. The summed E-state index contributed by atoms with van der Waals surface area (Å²) in [6.45, 7) is 3.85. The molecule has 0 saturated carbocycles. The molecule has 122 valence electrons. The Morgan fingerprint density at radius 2 is 1.83 bits per heavy atom. The highest BCUT2D eigenvalue weighted by Crippen LogP contribution is 2.27. The minimum Gasteiger partial charge on any atom is -0.387 e. The van der Waals surface area contributed by atoms with Gasteiger partial charge in [-0.3, -0.25) is 4.90 Å². The number of halogens is 1. The fraction of sp³-hybridized carbons (Fsp3) is 0.368. The number of nitrogens with zero attached hydrogens (tertiary/aromatic N) is 1. The van der Waals surface area contributed by atoms with Crippen LogP contribution in [-0.4, -0.2) is 35.7 Å². The Bertz CT molecular complexity index is 634. The molecule has 1 N–H and O–H groups in total. The summed E-state index contributed by atoms with van der Waals surface area (Å²) in [4.78, 5) is 2.14. The van der Waals surface area contributed by atoms with Crippen molar-refractivity contribution in [1.82, 2.24) is 4.90 Å². The first-order valence-corrected chi connectivity index (χ1v) is 7.98. The monoisotopic (exact) mass is 315 g/mol. The summed E-state index contributed by atoms with van der Waals surface area (Å²) in [7, 11) is 0. The average Bonchev–Trinajstić information content (AvgIpc) is 2.55. The van der Waals surface area contributed by atoms with Crippen LogP contribution in [0.4, 0.5) is 4.39 Å². The third-order valence-corrected chi connectivity index (χ3v) is 4.20. The van der Waals surface area contributed by atoms with Gasteiger partial charge < -0.3 is 9.84 Å². The summed E-state index contributed by atoms with van der Waals surface area (Å²) in [6, 6.07) is 16.5. The molecular formula is C19H22FNO2. The molecule has 1 heterocycles. The quantitative estimate of drug-likeness (QED) is 0.939.